The number of amides is 2. The van der Waals surface area contributed by atoms with Gasteiger partial charge in [-0.1, -0.05) is 13.3 Å². The second-order valence-electron chi connectivity index (χ2n) is 4.59. The Bertz CT molecular complexity index is 280. The topological polar surface area (TPSA) is 78.4 Å². The monoisotopic (exact) mass is 274 g/mol. The standard InChI is InChI=1S/C12H22N2O3S/c1-2-3-10(11(15)16)14-12(17)13-8-9-4-6-18-7-5-9/h9-10H,2-8H2,1H3,(H,15,16)(H2,13,14,17). The number of aliphatic carboxylic acids is 1. The predicted molar refractivity (Wildman–Crippen MR) is 72.9 cm³/mol. The van der Waals surface area contributed by atoms with Gasteiger partial charge < -0.3 is 15.7 Å². The summed E-state index contributed by atoms with van der Waals surface area (Å²) >= 11 is 1.95. The molecule has 1 heterocycles. The first kappa shape index (κ1) is 15.1. The van der Waals surface area contributed by atoms with Gasteiger partial charge in [0.1, 0.15) is 6.04 Å². The van der Waals surface area contributed by atoms with E-state index < -0.39 is 12.0 Å². The molecule has 1 aliphatic heterocycles. The van der Waals surface area contributed by atoms with Crippen LogP contribution in [0, 0.1) is 5.92 Å². The molecule has 1 saturated heterocycles. The Morgan fingerprint density at radius 2 is 2.06 bits per heavy atom. The Hall–Kier alpha value is -0.910. The van der Waals surface area contributed by atoms with Crippen LogP contribution in [0.1, 0.15) is 32.6 Å². The van der Waals surface area contributed by atoms with Gasteiger partial charge in [0, 0.05) is 6.54 Å². The zero-order chi connectivity index (χ0) is 13.4. The minimum Gasteiger partial charge on any atom is -0.480 e. The molecule has 3 N–H and O–H groups in total. The molecule has 0 bridgehead atoms. The second-order valence-corrected chi connectivity index (χ2v) is 5.81. The molecule has 1 rings (SSSR count). The molecule has 104 valence electrons. The minimum absolute atomic E-state index is 0.367. The van der Waals surface area contributed by atoms with E-state index in [0.717, 1.165) is 30.8 Å². The van der Waals surface area contributed by atoms with Crippen molar-refractivity contribution < 1.29 is 14.7 Å². The molecule has 0 spiro atoms. The van der Waals surface area contributed by atoms with Gasteiger partial charge in [0.25, 0.3) is 0 Å². The lowest BCUT2D eigenvalue weighted by Gasteiger charge is -2.22. The molecule has 1 fully saturated rings. The molecule has 18 heavy (non-hydrogen) atoms. The molecule has 1 unspecified atom stereocenters. The molecule has 0 aromatic rings. The highest BCUT2D eigenvalue weighted by Gasteiger charge is 2.19. The molecule has 0 aromatic carbocycles. The third kappa shape index (κ3) is 5.62. The van der Waals surface area contributed by atoms with E-state index in [1.54, 1.807) is 0 Å². The third-order valence-electron chi connectivity index (χ3n) is 3.07. The Balaban J connectivity index is 2.24. The smallest absolute Gasteiger partial charge is 0.326 e. The SMILES string of the molecule is CCCC(NC(=O)NCC1CCSCC1)C(=O)O. The molecule has 0 saturated carbocycles. The molecule has 1 aliphatic rings. The van der Waals surface area contributed by atoms with E-state index in [0.29, 0.717) is 18.9 Å². The summed E-state index contributed by atoms with van der Waals surface area (Å²) in [5.41, 5.74) is 0. The lowest BCUT2D eigenvalue weighted by atomic mass is 10.0. The van der Waals surface area contributed by atoms with E-state index in [1.165, 1.54) is 0 Å². The summed E-state index contributed by atoms with van der Waals surface area (Å²) in [5.74, 6) is 1.87. The van der Waals surface area contributed by atoms with Crippen molar-refractivity contribution in [3.05, 3.63) is 0 Å². The number of nitrogens with one attached hydrogen (secondary N) is 2. The summed E-state index contributed by atoms with van der Waals surface area (Å²) in [6, 6.07) is -1.15. The van der Waals surface area contributed by atoms with Crippen LogP contribution in [0.15, 0.2) is 0 Å². The molecular formula is C12H22N2O3S. The fraction of sp³-hybridized carbons (Fsp3) is 0.833. The average molecular weight is 274 g/mol. The van der Waals surface area contributed by atoms with E-state index >= 15 is 0 Å². The zero-order valence-electron chi connectivity index (χ0n) is 10.8. The fourth-order valence-corrected chi connectivity index (χ4v) is 3.15. The molecule has 2 amide bonds. The largest absolute Gasteiger partial charge is 0.480 e. The predicted octanol–water partition coefficient (Wildman–Crippen LogP) is 1.68. The summed E-state index contributed by atoms with van der Waals surface area (Å²) in [5, 5.41) is 14.2. The van der Waals surface area contributed by atoms with E-state index in [2.05, 4.69) is 10.6 Å². The number of rotatable bonds is 6. The summed E-state index contributed by atoms with van der Waals surface area (Å²) in [4.78, 5) is 22.5. The Labute approximate surface area is 112 Å². The summed E-state index contributed by atoms with van der Waals surface area (Å²) in [6.45, 7) is 2.54. The van der Waals surface area contributed by atoms with Gasteiger partial charge in [-0.15, -0.1) is 0 Å². The summed E-state index contributed by atoms with van der Waals surface area (Å²) in [7, 11) is 0. The van der Waals surface area contributed by atoms with Gasteiger partial charge in [-0.3, -0.25) is 0 Å². The number of hydrogen-bond acceptors (Lipinski definition) is 3. The van der Waals surface area contributed by atoms with Crippen molar-refractivity contribution in [1.29, 1.82) is 0 Å². The zero-order valence-corrected chi connectivity index (χ0v) is 11.6. The van der Waals surface area contributed by atoms with Crippen LogP contribution in [0.5, 0.6) is 0 Å². The van der Waals surface area contributed by atoms with Crippen molar-refractivity contribution in [2.24, 2.45) is 5.92 Å². The van der Waals surface area contributed by atoms with Gasteiger partial charge in [0.15, 0.2) is 0 Å². The first-order valence-corrected chi connectivity index (χ1v) is 7.63. The third-order valence-corrected chi connectivity index (χ3v) is 4.12. The lowest BCUT2D eigenvalue weighted by molar-refractivity contribution is -0.139. The number of carboxylic acid groups (broad SMARTS) is 1. The normalized spacial score (nSPS) is 18.1. The highest BCUT2D eigenvalue weighted by atomic mass is 32.2. The first-order chi connectivity index (χ1) is 8.63. The van der Waals surface area contributed by atoms with Crippen molar-refractivity contribution in [3.8, 4) is 0 Å². The molecule has 0 radical (unpaired) electrons. The number of urea groups is 1. The van der Waals surface area contributed by atoms with Crippen molar-refractivity contribution in [2.45, 2.75) is 38.6 Å². The maximum Gasteiger partial charge on any atom is 0.326 e. The maximum atomic E-state index is 11.6. The molecular weight excluding hydrogens is 252 g/mol. The lowest BCUT2D eigenvalue weighted by Crippen LogP contribution is -2.47. The summed E-state index contributed by atoms with van der Waals surface area (Å²) < 4.78 is 0. The highest BCUT2D eigenvalue weighted by Crippen LogP contribution is 2.21. The van der Waals surface area contributed by atoms with Gasteiger partial charge in [0.05, 0.1) is 0 Å². The highest BCUT2D eigenvalue weighted by molar-refractivity contribution is 7.99. The van der Waals surface area contributed by atoms with E-state index in [-0.39, 0.29) is 6.03 Å². The molecule has 5 nitrogen and oxygen atoms in total. The maximum absolute atomic E-state index is 11.6. The van der Waals surface area contributed by atoms with Crippen LogP contribution >= 0.6 is 11.8 Å². The van der Waals surface area contributed by atoms with Crippen molar-refractivity contribution >= 4 is 23.8 Å². The Kier molecular flexibility index (Phi) is 6.93. The van der Waals surface area contributed by atoms with E-state index in [4.69, 9.17) is 5.11 Å². The quantitative estimate of drug-likeness (QED) is 0.688. The summed E-state index contributed by atoms with van der Waals surface area (Å²) in [6.07, 6.45) is 3.45. The molecule has 0 aliphatic carbocycles. The molecule has 1 atom stereocenters. The van der Waals surface area contributed by atoms with Crippen LogP contribution in [0.2, 0.25) is 0 Å². The number of carbonyl (C=O) groups is 2. The van der Waals surface area contributed by atoms with Gasteiger partial charge in [-0.05, 0) is 36.7 Å². The number of thioether (sulfide) groups is 1. The van der Waals surface area contributed by atoms with E-state index in [1.807, 2.05) is 18.7 Å². The van der Waals surface area contributed by atoms with Crippen LogP contribution in [-0.2, 0) is 4.79 Å². The van der Waals surface area contributed by atoms with Crippen LogP contribution in [0.4, 0.5) is 4.79 Å². The van der Waals surface area contributed by atoms with Crippen LogP contribution in [0.3, 0.4) is 0 Å². The number of carboxylic acids is 1. The molecule has 6 heteroatoms. The van der Waals surface area contributed by atoms with Crippen LogP contribution < -0.4 is 10.6 Å². The Morgan fingerprint density at radius 1 is 1.39 bits per heavy atom. The number of carbonyl (C=O) groups excluding carboxylic acids is 1. The first-order valence-electron chi connectivity index (χ1n) is 6.48. The van der Waals surface area contributed by atoms with Crippen LogP contribution in [-0.4, -0.2) is 41.2 Å². The van der Waals surface area contributed by atoms with E-state index in [9.17, 15) is 9.59 Å². The molecule has 0 aromatic heterocycles. The minimum atomic E-state index is -0.971. The van der Waals surface area contributed by atoms with Gasteiger partial charge in [-0.2, -0.15) is 11.8 Å². The van der Waals surface area contributed by atoms with Gasteiger partial charge >= 0.3 is 12.0 Å². The second kappa shape index (κ2) is 8.24. The number of hydrogen-bond donors (Lipinski definition) is 3. The van der Waals surface area contributed by atoms with Crippen LogP contribution in [0.25, 0.3) is 0 Å². The van der Waals surface area contributed by atoms with Crippen molar-refractivity contribution in [2.75, 3.05) is 18.1 Å². The van der Waals surface area contributed by atoms with Crippen molar-refractivity contribution in [3.63, 3.8) is 0 Å². The van der Waals surface area contributed by atoms with Crippen molar-refractivity contribution in [1.82, 2.24) is 10.6 Å². The Morgan fingerprint density at radius 3 is 2.61 bits per heavy atom. The van der Waals surface area contributed by atoms with Gasteiger partial charge in [0.2, 0.25) is 0 Å². The fourth-order valence-electron chi connectivity index (χ4n) is 1.94. The average Bonchev–Trinajstić information content (AvgIpc) is 2.37. The van der Waals surface area contributed by atoms with Gasteiger partial charge in [-0.25, -0.2) is 9.59 Å².